The van der Waals surface area contributed by atoms with Gasteiger partial charge in [-0.1, -0.05) is 32.9 Å². The van der Waals surface area contributed by atoms with Crippen LogP contribution in [0.1, 0.15) is 46.5 Å². The van der Waals surface area contributed by atoms with E-state index in [1.165, 1.54) is 0 Å². The van der Waals surface area contributed by atoms with E-state index in [-0.39, 0.29) is 17.9 Å². The first-order chi connectivity index (χ1) is 9.38. The molecule has 20 heavy (non-hydrogen) atoms. The van der Waals surface area contributed by atoms with E-state index in [2.05, 4.69) is 20.1 Å². The predicted molar refractivity (Wildman–Crippen MR) is 79.2 cm³/mol. The molecule has 0 heterocycles. The molecule has 0 saturated heterocycles. The third kappa shape index (κ3) is 8.51. The average Bonchev–Trinajstić information content (AvgIpc) is 2.40. The highest BCUT2D eigenvalue weighted by atomic mass is 16.5. The second-order valence-corrected chi connectivity index (χ2v) is 5.09. The summed E-state index contributed by atoms with van der Waals surface area (Å²) in [7, 11) is 0. The minimum absolute atomic E-state index is 0.205. The molecule has 0 aliphatic carbocycles. The van der Waals surface area contributed by atoms with Crippen LogP contribution in [0.2, 0.25) is 0 Å². The largest absolute Gasteiger partial charge is 0.462 e. The molecule has 0 saturated carbocycles. The maximum Gasteiger partial charge on any atom is 0.333 e. The molecular weight excluding hydrogens is 256 g/mol. The van der Waals surface area contributed by atoms with Crippen molar-refractivity contribution in [2.24, 2.45) is 5.92 Å². The second kappa shape index (κ2) is 10.2. The fourth-order valence-electron chi connectivity index (χ4n) is 1.56. The van der Waals surface area contributed by atoms with Gasteiger partial charge in [-0.05, 0) is 32.6 Å². The van der Waals surface area contributed by atoms with Crippen LogP contribution in [0.4, 0.5) is 0 Å². The lowest BCUT2D eigenvalue weighted by molar-refractivity contribution is -0.142. The summed E-state index contributed by atoms with van der Waals surface area (Å²) < 4.78 is 10.2. The lowest BCUT2D eigenvalue weighted by atomic mass is 10.00. The van der Waals surface area contributed by atoms with Crippen LogP contribution in [-0.4, -0.2) is 25.2 Å². The first-order valence-corrected chi connectivity index (χ1v) is 7.03. The van der Waals surface area contributed by atoms with Gasteiger partial charge in [-0.3, -0.25) is 0 Å². The Morgan fingerprint density at radius 3 is 2.05 bits per heavy atom. The van der Waals surface area contributed by atoms with Crippen molar-refractivity contribution >= 4 is 11.9 Å². The summed E-state index contributed by atoms with van der Waals surface area (Å²) in [5.41, 5.74) is 0.789. The molecule has 4 heteroatoms. The summed E-state index contributed by atoms with van der Waals surface area (Å²) in [5.74, 6) is -0.542. The maximum atomic E-state index is 11.4. The lowest BCUT2D eigenvalue weighted by Crippen LogP contribution is -2.17. The van der Waals surface area contributed by atoms with Crippen molar-refractivity contribution < 1.29 is 19.1 Å². The minimum atomic E-state index is -0.377. The molecule has 0 aromatic carbocycles. The number of carbonyl (C=O) groups is 2. The van der Waals surface area contributed by atoms with E-state index < -0.39 is 0 Å². The molecule has 0 spiro atoms. The number of hydrogen-bond acceptors (Lipinski definition) is 4. The minimum Gasteiger partial charge on any atom is -0.462 e. The van der Waals surface area contributed by atoms with Gasteiger partial charge in [0.25, 0.3) is 0 Å². The van der Waals surface area contributed by atoms with Crippen molar-refractivity contribution in [1.82, 2.24) is 0 Å². The first-order valence-electron chi connectivity index (χ1n) is 7.03. The Morgan fingerprint density at radius 1 is 1.00 bits per heavy atom. The van der Waals surface area contributed by atoms with Crippen molar-refractivity contribution in [2.75, 3.05) is 13.2 Å². The van der Waals surface area contributed by atoms with Crippen molar-refractivity contribution in [1.29, 1.82) is 0 Å². The van der Waals surface area contributed by atoms with Gasteiger partial charge < -0.3 is 9.47 Å². The Kier molecular flexibility index (Phi) is 9.43. The normalized spacial score (nSPS) is 11.6. The van der Waals surface area contributed by atoms with Gasteiger partial charge in [0.2, 0.25) is 0 Å². The number of esters is 2. The van der Waals surface area contributed by atoms with Crippen molar-refractivity contribution in [3.05, 3.63) is 24.3 Å². The molecule has 0 rings (SSSR count). The van der Waals surface area contributed by atoms with Crippen LogP contribution < -0.4 is 0 Å². The van der Waals surface area contributed by atoms with Crippen LogP contribution >= 0.6 is 0 Å². The average molecular weight is 282 g/mol. The molecule has 0 aromatic rings. The third-order valence-electron chi connectivity index (χ3n) is 2.87. The van der Waals surface area contributed by atoms with Crippen LogP contribution in [0.15, 0.2) is 24.3 Å². The van der Waals surface area contributed by atoms with E-state index in [1.54, 1.807) is 13.8 Å². The summed E-state index contributed by atoms with van der Waals surface area (Å²) in [6.45, 7) is 13.1. The van der Waals surface area contributed by atoms with Crippen LogP contribution in [0.3, 0.4) is 0 Å². The Hall–Kier alpha value is -1.58. The molecule has 0 radical (unpaired) electrons. The van der Waals surface area contributed by atoms with Gasteiger partial charge in [-0.25, -0.2) is 9.59 Å². The summed E-state index contributed by atoms with van der Waals surface area (Å²) in [4.78, 5) is 22.6. The summed E-state index contributed by atoms with van der Waals surface area (Å²) >= 11 is 0. The maximum absolute atomic E-state index is 11.4. The first kappa shape index (κ1) is 18.4. The Bertz CT molecular complexity index is 357. The fraction of sp³-hybridized carbons (Fsp3) is 0.625. The molecular formula is C16H26O4. The fourth-order valence-corrected chi connectivity index (χ4v) is 1.56. The van der Waals surface area contributed by atoms with E-state index in [9.17, 15) is 9.59 Å². The molecule has 0 aromatic heterocycles. The van der Waals surface area contributed by atoms with Gasteiger partial charge in [0.1, 0.15) is 0 Å². The van der Waals surface area contributed by atoms with Crippen LogP contribution in [0.5, 0.6) is 0 Å². The van der Waals surface area contributed by atoms with Gasteiger partial charge >= 0.3 is 11.9 Å². The second-order valence-electron chi connectivity index (χ2n) is 5.09. The van der Waals surface area contributed by atoms with Gasteiger partial charge in [0.05, 0.1) is 13.2 Å². The summed E-state index contributed by atoms with van der Waals surface area (Å²) in [6.07, 6.45) is 3.77. The standard InChI is InChI=1S/C16H26O4/c1-6-7-8-14(11-20-16(18)13(4)5)9-10-19-15(17)12(2)3/h14H,2,4,6-11H2,1,3,5H3. The number of hydrogen-bond donors (Lipinski definition) is 0. The molecule has 0 aliphatic heterocycles. The Morgan fingerprint density at radius 2 is 1.55 bits per heavy atom. The van der Waals surface area contributed by atoms with Crippen molar-refractivity contribution in [3.63, 3.8) is 0 Å². The van der Waals surface area contributed by atoms with Crippen LogP contribution in [-0.2, 0) is 19.1 Å². The highest BCUT2D eigenvalue weighted by molar-refractivity contribution is 5.87. The SMILES string of the molecule is C=C(C)C(=O)OCCC(CCCC)COC(=O)C(=C)C. The highest BCUT2D eigenvalue weighted by Crippen LogP contribution is 2.14. The van der Waals surface area contributed by atoms with E-state index in [4.69, 9.17) is 9.47 Å². The number of ether oxygens (including phenoxy) is 2. The molecule has 0 aliphatic rings. The zero-order valence-corrected chi connectivity index (χ0v) is 12.9. The molecule has 0 fully saturated rings. The van der Waals surface area contributed by atoms with Crippen molar-refractivity contribution in [2.45, 2.75) is 46.5 Å². The molecule has 0 N–H and O–H groups in total. The zero-order chi connectivity index (χ0) is 15.5. The quantitative estimate of drug-likeness (QED) is 0.455. The highest BCUT2D eigenvalue weighted by Gasteiger charge is 2.13. The van der Waals surface area contributed by atoms with Crippen molar-refractivity contribution in [3.8, 4) is 0 Å². The molecule has 0 amide bonds. The topological polar surface area (TPSA) is 52.6 Å². The lowest BCUT2D eigenvalue weighted by Gasteiger charge is -2.16. The molecule has 0 bridgehead atoms. The van der Waals surface area contributed by atoms with Crippen LogP contribution in [0.25, 0.3) is 0 Å². The van der Waals surface area contributed by atoms with Gasteiger partial charge in [0, 0.05) is 11.1 Å². The molecule has 1 atom stereocenters. The third-order valence-corrected chi connectivity index (χ3v) is 2.87. The number of rotatable bonds is 10. The molecule has 114 valence electrons. The van der Waals surface area contributed by atoms with E-state index in [0.29, 0.717) is 30.8 Å². The Balaban J connectivity index is 4.14. The monoisotopic (exact) mass is 282 g/mol. The molecule has 1 unspecified atom stereocenters. The number of carbonyl (C=O) groups excluding carboxylic acids is 2. The smallest absolute Gasteiger partial charge is 0.333 e. The summed E-state index contributed by atoms with van der Waals surface area (Å²) in [5, 5.41) is 0. The van der Waals surface area contributed by atoms with Gasteiger partial charge in [0.15, 0.2) is 0 Å². The number of unbranched alkanes of at least 4 members (excludes halogenated alkanes) is 1. The van der Waals surface area contributed by atoms with E-state index >= 15 is 0 Å². The zero-order valence-electron chi connectivity index (χ0n) is 12.9. The molecule has 4 nitrogen and oxygen atoms in total. The van der Waals surface area contributed by atoms with E-state index in [0.717, 1.165) is 19.3 Å². The summed E-state index contributed by atoms with van der Waals surface area (Å²) in [6, 6.07) is 0. The van der Waals surface area contributed by atoms with Crippen LogP contribution in [0, 0.1) is 5.92 Å². The van der Waals surface area contributed by atoms with Gasteiger partial charge in [-0.2, -0.15) is 0 Å². The predicted octanol–water partition coefficient (Wildman–Crippen LogP) is 3.42. The Labute approximate surface area is 121 Å². The van der Waals surface area contributed by atoms with Gasteiger partial charge in [-0.15, -0.1) is 0 Å². The van der Waals surface area contributed by atoms with E-state index in [1.807, 2.05) is 0 Å².